The molecule has 0 spiro atoms. The molecule has 4 aromatic rings. The molecule has 1 aliphatic heterocycles. The van der Waals surface area contributed by atoms with Crippen LogP contribution < -0.4 is 0 Å². The van der Waals surface area contributed by atoms with E-state index in [4.69, 9.17) is 20.4 Å². The van der Waals surface area contributed by atoms with Crippen LogP contribution in [0.3, 0.4) is 0 Å². The molecule has 0 saturated heterocycles. The number of aliphatic hydroxyl groups excluding tert-OH is 1. The number of fused-ring (bicyclic) bond motifs is 8. The molecule has 0 unspecified atom stereocenters. The van der Waals surface area contributed by atoms with E-state index in [0.29, 0.717) is 32.6 Å². The van der Waals surface area contributed by atoms with Crippen molar-refractivity contribution in [3.8, 4) is 0 Å². The minimum atomic E-state index is 0.168. The molecule has 0 aromatic carbocycles. The summed E-state index contributed by atoms with van der Waals surface area (Å²) in [7, 11) is 0. The van der Waals surface area contributed by atoms with Gasteiger partial charge in [-0.15, -0.1) is 0 Å². The Hall–Kier alpha value is -3.24. The highest BCUT2D eigenvalue weighted by Gasteiger charge is 2.16. The Balaban J connectivity index is 1.50. The van der Waals surface area contributed by atoms with Gasteiger partial charge >= 0.3 is 0 Å². The Bertz CT molecular complexity index is 1210. The van der Waals surface area contributed by atoms with Crippen LogP contribution in [0.1, 0.15) is 52.0 Å². The second kappa shape index (κ2) is 9.79. The zero-order valence-corrected chi connectivity index (χ0v) is 21.1. The summed E-state index contributed by atoms with van der Waals surface area (Å²) in [6.45, 7) is 13.6. The van der Waals surface area contributed by atoms with E-state index in [-0.39, 0.29) is 6.61 Å². The predicted molar refractivity (Wildman–Crippen MR) is 132 cm³/mol. The third-order valence-corrected chi connectivity index (χ3v) is 6.68. The van der Waals surface area contributed by atoms with E-state index in [1.165, 1.54) is 0 Å². The lowest BCUT2D eigenvalue weighted by Gasteiger charge is -2.19. The monoisotopic (exact) mass is 477 g/mol. The molecule has 8 bridgehead atoms. The molecule has 4 aromatic heterocycles. The Kier molecular flexibility index (Phi) is 6.57. The van der Waals surface area contributed by atoms with Gasteiger partial charge in [-0.3, -0.25) is 23.6 Å². The van der Waals surface area contributed by atoms with Crippen LogP contribution in [0.25, 0.3) is 0 Å². The Labute approximate surface area is 205 Å². The lowest BCUT2D eigenvalue weighted by molar-refractivity contribution is 0.208. The maximum absolute atomic E-state index is 9.44. The molecule has 0 fully saturated rings. The lowest BCUT2D eigenvalue weighted by Crippen LogP contribution is -2.25. The number of hydrogen-bond donors (Lipinski definition) is 1. The average molecular weight is 478 g/mol. The minimum Gasteiger partial charge on any atom is -0.396 e. The standard InChI is InChI=1S/C25H35N9O/c1-18-10-24-16-33-20(3)12-22(28-33)14-30(6-5-9-35)15-23-13-21(4)34(29-23)17-25-11-19(2)32(27-25)8-7-31(18)26-24/h10-13,35H,5-9,14-17H2,1-4H3. The summed E-state index contributed by atoms with van der Waals surface area (Å²) in [5, 5.41) is 28.9. The number of aromatic nitrogens is 8. The summed E-state index contributed by atoms with van der Waals surface area (Å²) in [4.78, 5) is 2.31. The summed E-state index contributed by atoms with van der Waals surface area (Å²) in [5.74, 6) is 0. The molecular weight excluding hydrogens is 442 g/mol. The number of aryl methyl sites for hydroxylation is 6. The van der Waals surface area contributed by atoms with Gasteiger partial charge < -0.3 is 5.11 Å². The lowest BCUT2D eigenvalue weighted by atomic mass is 10.3. The van der Waals surface area contributed by atoms with Gasteiger partial charge in [0.05, 0.1) is 49.0 Å². The average Bonchev–Trinajstić information content (AvgIpc) is 3.53. The molecular formula is C25H35N9O. The Morgan fingerprint density at radius 3 is 1.40 bits per heavy atom. The first-order valence-corrected chi connectivity index (χ1v) is 12.3. The van der Waals surface area contributed by atoms with Gasteiger partial charge in [-0.05, 0) is 58.4 Å². The minimum absolute atomic E-state index is 0.168. The number of nitrogens with zero attached hydrogens (tertiary/aromatic N) is 9. The molecule has 0 aliphatic carbocycles. The van der Waals surface area contributed by atoms with Gasteiger partial charge in [-0.2, -0.15) is 20.4 Å². The van der Waals surface area contributed by atoms with Crippen LogP contribution in [-0.2, 0) is 39.3 Å². The SMILES string of the molecule is Cc1cc2nn1CCn1nc(cc1C)Cn1nc(cc1C)CN(CCCO)Cc1cc(C)n(n1)C2. The van der Waals surface area contributed by atoms with Gasteiger partial charge in [0.1, 0.15) is 0 Å². The topological polar surface area (TPSA) is 94.8 Å². The first-order valence-electron chi connectivity index (χ1n) is 12.3. The van der Waals surface area contributed by atoms with Gasteiger partial charge in [0.25, 0.3) is 0 Å². The highest BCUT2D eigenvalue weighted by atomic mass is 16.3. The van der Waals surface area contributed by atoms with Crippen LogP contribution >= 0.6 is 0 Å². The molecule has 0 radical (unpaired) electrons. The van der Waals surface area contributed by atoms with E-state index in [1.807, 2.05) is 9.36 Å². The van der Waals surface area contributed by atoms with E-state index >= 15 is 0 Å². The van der Waals surface area contributed by atoms with Crippen molar-refractivity contribution in [3.63, 3.8) is 0 Å². The van der Waals surface area contributed by atoms with Crippen molar-refractivity contribution in [1.82, 2.24) is 44.0 Å². The van der Waals surface area contributed by atoms with Crippen molar-refractivity contribution < 1.29 is 5.11 Å². The fourth-order valence-electron chi connectivity index (χ4n) is 4.86. The van der Waals surface area contributed by atoms with Crippen LogP contribution in [0.2, 0.25) is 0 Å². The van der Waals surface area contributed by atoms with Crippen LogP contribution in [0.15, 0.2) is 24.3 Å². The molecule has 1 aliphatic rings. The van der Waals surface area contributed by atoms with Crippen molar-refractivity contribution in [1.29, 1.82) is 0 Å². The second-order valence-corrected chi connectivity index (χ2v) is 9.66. The number of rotatable bonds is 3. The van der Waals surface area contributed by atoms with E-state index < -0.39 is 0 Å². The molecule has 10 heteroatoms. The van der Waals surface area contributed by atoms with E-state index in [0.717, 1.165) is 65.2 Å². The largest absolute Gasteiger partial charge is 0.396 e. The van der Waals surface area contributed by atoms with E-state index in [9.17, 15) is 5.11 Å². The zero-order valence-electron chi connectivity index (χ0n) is 21.1. The molecule has 5 heterocycles. The third-order valence-electron chi connectivity index (χ3n) is 6.68. The smallest absolute Gasteiger partial charge is 0.0853 e. The maximum Gasteiger partial charge on any atom is 0.0853 e. The van der Waals surface area contributed by atoms with Gasteiger partial charge in [0.15, 0.2) is 0 Å². The fraction of sp³-hybridized carbons (Fsp3) is 0.520. The normalized spacial score (nSPS) is 15.1. The second-order valence-electron chi connectivity index (χ2n) is 9.66. The van der Waals surface area contributed by atoms with E-state index in [2.05, 4.69) is 66.2 Å². The number of hydrogen-bond acceptors (Lipinski definition) is 6. The molecule has 35 heavy (non-hydrogen) atoms. The summed E-state index contributed by atoms with van der Waals surface area (Å²) in [6.07, 6.45) is 0.715. The van der Waals surface area contributed by atoms with Gasteiger partial charge in [-0.1, -0.05) is 0 Å². The predicted octanol–water partition coefficient (Wildman–Crippen LogP) is 2.20. The Morgan fingerprint density at radius 1 is 0.600 bits per heavy atom. The Morgan fingerprint density at radius 2 is 0.971 bits per heavy atom. The first kappa shape index (κ1) is 23.5. The molecule has 0 saturated carbocycles. The van der Waals surface area contributed by atoms with Crippen LogP contribution in [0.5, 0.6) is 0 Å². The zero-order chi connectivity index (χ0) is 24.5. The van der Waals surface area contributed by atoms with Crippen LogP contribution in [0.4, 0.5) is 0 Å². The van der Waals surface area contributed by atoms with Crippen molar-refractivity contribution in [2.75, 3.05) is 13.2 Å². The van der Waals surface area contributed by atoms with Crippen molar-refractivity contribution >= 4 is 0 Å². The van der Waals surface area contributed by atoms with Crippen molar-refractivity contribution in [2.45, 2.75) is 73.4 Å². The molecule has 10 nitrogen and oxygen atoms in total. The quantitative estimate of drug-likeness (QED) is 0.486. The van der Waals surface area contributed by atoms with Crippen LogP contribution in [0, 0.1) is 27.7 Å². The van der Waals surface area contributed by atoms with Crippen molar-refractivity contribution in [2.24, 2.45) is 0 Å². The molecule has 186 valence electrons. The summed E-state index contributed by atoms with van der Waals surface area (Å²) in [6, 6.07) is 8.59. The maximum atomic E-state index is 9.44. The highest BCUT2D eigenvalue weighted by Crippen LogP contribution is 2.15. The van der Waals surface area contributed by atoms with Crippen LogP contribution in [-0.4, -0.2) is 62.3 Å². The third kappa shape index (κ3) is 5.23. The van der Waals surface area contributed by atoms with Gasteiger partial charge in [0, 0.05) is 49.0 Å². The highest BCUT2D eigenvalue weighted by molar-refractivity contribution is 5.16. The molecule has 1 N–H and O–H groups in total. The molecule has 0 amide bonds. The number of aliphatic hydroxyl groups is 1. The molecule has 0 atom stereocenters. The summed E-state index contributed by atoms with van der Waals surface area (Å²) >= 11 is 0. The van der Waals surface area contributed by atoms with Crippen molar-refractivity contribution in [3.05, 3.63) is 69.8 Å². The summed E-state index contributed by atoms with van der Waals surface area (Å²) < 4.78 is 8.18. The fourth-order valence-corrected chi connectivity index (χ4v) is 4.86. The summed E-state index contributed by atoms with van der Waals surface area (Å²) in [5.41, 5.74) is 8.56. The first-order chi connectivity index (χ1) is 16.9. The van der Waals surface area contributed by atoms with E-state index in [1.54, 1.807) is 0 Å². The van der Waals surface area contributed by atoms with Gasteiger partial charge in [-0.25, -0.2) is 0 Å². The molecule has 5 rings (SSSR count). The van der Waals surface area contributed by atoms with Gasteiger partial charge in [0.2, 0.25) is 0 Å².